The standard InChI is InChI=1S/C94H73N3O3S/c1-50(2)63-22-16-24-65-73-46-59(30-36-81(73)98-88(63)65)95(57-28-34-77-71(44-57)69-38-52-18-12-14-20-54(52)40-79(69)93(77,8)9)61-26-32-67-83(48-61)100-91-85(67)75-42-56(92(5,6)7)43-76-86(75)97(91)87-68-33-27-62(49-84(68)101-90(76)87)96(60-31-37-82-74(47-60)66-25-17-23-64(51(3)4)89(66)99-82)58-29-35-78-72(45-58)70-39-53-19-13-15-21-55(53)41-80(70)94(78,10)11/h12-51H,1-11H3. The van der Waals surface area contributed by atoms with Crippen LogP contribution >= 0.6 is 11.3 Å². The number of aromatic nitrogens is 1. The van der Waals surface area contributed by atoms with Crippen LogP contribution in [0, 0.1) is 0 Å². The fraction of sp³-hybridized carbons (Fsp3) is 0.170. The van der Waals surface area contributed by atoms with Crippen LogP contribution in [0.25, 0.3) is 146 Å². The van der Waals surface area contributed by atoms with Gasteiger partial charge in [-0.2, -0.15) is 0 Å². The number of thiophene rings is 1. The lowest BCUT2D eigenvalue weighted by Gasteiger charge is -2.27. The summed E-state index contributed by atoms with van der Waals surface area (Å²) in [7, 11) is 0. The van der Waals surface area contributed by atoms with Crippen LogP contribution in [0.4, 0.5) is 34.1 Å². The molecule has 19 aromatic rings. The Balaban J connectivity index is 0.763. The van der Waals surface area contributed by atoms with Crippen LogP contribution in [0.5, 0.6) is 0 Å². The fourth-order valence-electron chi connectivity index (χ4n) is 18.1. The third-order valence-corrected chi connectivity index (χ3v) is 24.5. The van der Waals surface area contributed by atoms with Crippen LogP contribution in [0.3, 0.4) is 0 Å². The lowest BCUT2D eigenvalue weighted by atomic mass is 9.82. The van der Waals surface area contributed by atoms with E-state index in [1.807, 2.05) is 11.3 Å². The molecule has 0 amide bonds. The monoisotopic (exact) mass is 1320 g/mol. The maximum Gasteiger partial charge on any atom is 0.213 e. The summed E-state index contributed by atoms with van der Waals surface area (Å²) >= 11 is 1.89. The molecule has 0 saturated heterocycles. The van der Waals surface area contributed by atoms with E-state index in [1.54, 1.807) is 0 Å². The minimum Gasteiger partial charge on any atom is -0.456 e. The van der Waals surface area contributed by atoms with Gasteiger partial charge >= 0.3 is 0 Å². The number of benzene rings is 13. The van der Waals surface area contributed by atoms with Crippen molar-refractivity contribution in [3.8, 4) is 22.3 Å². The number of nitrogens with zero attached hydrogens (tertiary/aromatic N) is 3. The summed E-state index contributed by atoms with van der Waals surface area (Å²) in [4.78, 5) is 4.90. The number of hydrogen-bond acceptors (Lipinski definition) is 6. The fourth-order valence-corrected chi connectivity index (χ4v) is 19.3. The van der Waals surface area contributed by atoms with Crippen molar-refractivity contribution in [3.05, 3.63) is 269 Å². The quantitative estimate of drug-likeness (QED) is 0.152. The minimum absolute atomic E-state index is 0.133. The predicted octanol–water partition coefficient (Wildman–Crippen LogP) is 28.0. The Morgan fingerprint density at radius 3 is 1.35 bits per heavy atom. The number of hydrogen-bond donors (Lipinski definition) is 0. The second-order valence-corrected chi connectivity index (χ2v) is 32.7. The molecule has 6 heterocycles. The average Bonchev–Trinajstić information content (AvgIpc) is 1.50. The van der Waals surface area contributed by atoms with Gasteiger partial charge in [0.2, 0.25) is 5.71 Å². The number of anilines is 6. The van der Waals surface area contributed by atoms with E-state index in [2.05, 4.69) is 321 Å². The molecule has 13 aromatic carbocycles. The molecular weight excluding hydrogens is 1250 g/mol. The maximum absolute atomic E-state index is 7.56. The molecule has 0 aliphatic heterocycles. The first-order valence-corrected chi connectivity index (χ1v) is 36.6. The van der Waals surface area contributed by atoms with Gasteiger partial charge in [-0.1, -0.05) is 173 Å². The Bertz CT molecular complexity index is 6850. The van der Waals surface area contributed by atoms with Gasteiger partial charge in [0.05, 0.1) is 21.1 Å². The zero-order valence-corrected chi connectivity index (χ0v) is 59.4. The molecule has 6 nitrogen and oxygen atoms in total. The summed E-state index contributed by atoms with van der Waals surface area (Å²) in [5, 5.41) is 15.4. The van der Waals surface area contributed by atoms with Crippen LogP contribution in [0.15, 0.2) is 244 Å². The second-order valence-electron chi connectivity index (χ2n) is 31.6. The highest BCUT2D eigenvalue weighted by atomic mass is 32.1. The van der Waals surface area contributed by atoms with Gasteiger partial charge in [-0.15, -0.1) is 11.3 Å². The Morgan fingerprint density at radius 1 is 0.366 bits per heavy atom. The van der Waals surface area contributed by atoms with E-state index in [-0.39, 0.29) is 16.2 Å². The molecule has 0 unspecified atom stereocenters. The van der Waals surface area contributed by atoms with Crippen molar-refractivity contribution >= 4 is 170 Å². The molecule has 0 bridgehead atoms. The molecule has 488 valence electrons. The summed E-state index contributed by atoms with van der Waals surface area (Å²) in [5.41, 5.74) is 27.9. The lowest BCUT2D eigenvalue weighted by molar-refractivity contribution is 0.592. The molecule has 0 saturated carbocycles. The average molecular weight is 1320 g/mol. The molecule has 0 N–H and O–H groups in total. The minimum atomic E-state index is -0.182. The number of para-hydroxylation sites is 2. The van der Waals surface area contributed by atoms with Crippen LogP contribution < -0.4 is 9.80 Å². The molecule has 2 aliphatic carbocycles. The van der Waals surface area contributed by atoms with E-state index in [0.717, 1.165) is 100 Å². The third kappa shape index (κ3) is 8.15. The molecule has 2 aliphatic rings. The smallest absolute Gasteiger partial charge is 0.213 e. The van der Waals surface area contributed by atoms with Gasteiger partial charge in [0.25, 0.3) is 0 Å². The van der Waals surface area contributed by atoms with Gasteiger partial charge < -0.3 is 23.1 Å². The van der Waals surface area contributed by atoms with E-state index in [0.29, 0.717) is 11.8 Å². The highest BCUT2D eigenvalue weighted by molar-refractivity contribution is 7.26. The molecular formula is C94H73N3O3S. The lowest BCUT2D eigenvalue weighted by Crippen LogP contribution is -2.15. The molecule has 0 fully saturated rings. The Kier molecular flexibility index (Phi) is 11.8. The zero-order chi connectivity index (χ0) is 68.2. The molecule has 0 radical (unpaired) electrons. The maximum atomic E-state index is 7.56. The van der Waals surface area contributed by atoms with Crippen molar-refractivity contribution < 1.29 is 13.3 Å². The van der Waals surface area contributed by atoms with E-state index in [1.165, 1.54) is 119 Å². The first kappa shape index (κ1) is 58.8. The second kappa shape index (κ2) is 20.3. The first-order chi connectivity index (χ1) is 48.8. The van der Waals surface area contributed by atoms with E-state index >= 15 is 0 Å². The predicted molar refractivity (Wildman–Crippen MR) is 427 cm³/mol. The summed E-state index contributed by atoms with van der Waals surface area (Å²) in [6, 6.07) is 87.2. The highest BCUT2D eigenvalue weighted by Gasteiger charge is 2.39. The van der Waals surface area contributed by atoms with Gasteiger partial charge in [-0.05, 0) is 227 Å². The first-order valence-electron chi connectivity index (χ1n) is 35.8. The van der Waals surface area contributed by atoms with E-state index in [4.69, 9.17) is 13.3 Å². The van der Waals surface area contributed by atoms with E-state index < -0.39 is 0 Å². The number of furan rings is 3. The van der Waals surface area contributed by atoms with Gasteiger partial charge in [0, 0.05) is 98.8 Å². The molecule has 21 rings (SSSR count). The summed E-state index contributed by atoms with van der Waals surface area (Å²) < 4.78 is 26.0. The van der Waals surface area contributed by atoms with Crippen molar-refractivity contribution in [2.24, 2.45) is 0 Å². The van der Waals surface area contributed by atoms with Gasteiger partial charge in [0.15, 0.2) is 0 Å². The largest absolute Gasteiger partial charge is 0.456 e. The molecule has 6 aromatic heterocycles. The number of rotatable bonds is 8. The van der Waals surface area contributed by atoms with Gasteiger partial charge in [0.1, 0.15) is 27.9 Å². The number of fused-ring (bicyclic) bond motifs is 24. The van der Waals surface area contributed by atoms with E-state index in [9.17, 15) is 0 Å². The van der Waals surface area contributed by atoms with Crippen molar-refractivity contribution in [1.29, 1.82) is 0 Å². The topological polar surface area (TPSA) is 50.3 Å². The van der Waals surface area contributed by atoms with Crippen molar-refractivity contribution in [2.45, 2.75) is 104 Å². The molecule has 0 spiro atoms. The van der Waals surface area contributed by atoms with Crippen LogP contribution in [-0.2, 0) is 16.2 Å². The van der Waals surface area contributed by atoms with Crippen LogP contribution in [0.2, 0.25) is 0 Å². The normalized spacial score (nSPS) is 14.2. The SMILES string of the molecule is CC(C)c1cccc2c1oc1ccc(N(c3ccc4c(c3)-c3cc5ccccc5cc3C4(C)C)c3ccc4c(c3)oc3c4c4cc(C(C)(C)C)cc5c6sc7cc(N(c8ccc9c(c8)-c8cc%10ccccc%10cc8C9(C)C)c8ccc9oc%10c(C(C)C)cccc%10c9c8)ccc7c6n3c54)cc12. The Morgan fingerprint density at radius 2 is 0.822 bits per heavy atom. The van der Waals surface area contributed by atoms with Crippen LogP contribution in [-0.4, -0.2) is 4.40 Å². The Labute approximate surface area is 589 Å². The molecule has 7 heteroatoms. The summed E-state index contributed by atoms with van der Waals surface area (Å²) in [5.74, 6) is 0.630. The molecule has 0 atom stereocenters. The highest BCUT2D eigenvalue weighted by Crippen LogP contribution is 2.57. The third-order valence-electron chi connectivity index (χ3n) is 23.3. The van der Waals surface area contributed by atoms with Crippen molar-refractivity contribution in [1.82, 2.24) is 4.40 Å². The summed E-state index contributed by atoms with van der Waals surface area (Å²) in [6.07, 6.45) is 0. The zero-order valence-electron chi connectivity index (χ0n) is 58.6. The van der Waals surface area contributed by atoms with Crippen LogP contribution in [0.1, 0.15) is 127 Å². The van der Waals surface area contributed by atoms with Gasteiger partial charge in [-0.3, -0.25) is 4.40 Å². The summed E-state index contributed by atoms with van der Waals surface area (Å²) in [6.45, 7) is 25.5. The van der Waals surface area contributed by atoms with Crippen molar-refractivity contribution in [3.63, 3.8) is 0 Å². The molecule has 101 heavy (non-hydrogen) atoms. The van der Waals surface area contributed by atoms with Crippen molar-refractivity contribution in [2.75, 3.05) is 9.80 Å². The Hall–Kier alpha value is -11.1. The van der Waals surface area contributed by atoms with Gasteiger partial charge in [-0.25, -0.2) is 0 Å².